The fourth-order valence-corrected chi connectivity index (χ4v) is 5.07. The summed E-state index contributed by atoms with van der Waals surface area (Å²) in [5.41, 5.74) is 4.22. The van der Waals surface area contributed by atoms with E-state index < -0.39 is 0 Å². The number of aryl methyl sites for hydroxylation is 1. The normalized spacial score (nSPS) is 25.8. The first-order valence-electron chi connectivity index (χ1n) is 10.3. The Balaban J connectivity index is 1.25. The van der Waals surface area contributed by atoms with Gasteiger partial charge in [-0.15, -0.1) is 0 Å². The van der Waals surface area contributed by atoms with Crippen molar-refractivity contribution in [2.75, 3.05) is 39.8 Å². The van der Waals surface area contributed by atoms with Gasteiger partial charge in [-0.3, -0.25) is 4.90 Å². The molecule has 2 saturated heterocycles. The highest BCUT2D eigenvalue weighted by molar-refractivity contribution is 5.31. The maximum Gasteiger partial charge on any atom is 0.0716 e. The highest BCUT2D eigenvalue weighted by Gasteiger charge is 2.46. The second-order valence-corrected chi connectivity index (χ2v) is 8.32. The Morgan fingerprint density at radius 2 is 1.74 bits per heavy atom. The SMILES string of the molecule is Cc1ccccc1[C@@H]1[C@@H]2CN(CCCOCc3ccccc3)C[C@@H]2CN1C. The van der Waals surface area contributed by atoms with Crippen molar-refractivity contribution < 1.29 is 4.74 Å². The van der Waals surface area contributed by atoms with Crippen LogP contribution in [0.15, 0.2) is 54.6 Å². The predicted molar refractivity (Wildman–Crippen MR) is 111 cm³/mol. The van der Waals surface area contributed by atoms with Crippen LogP contribution in [0.25, 0.3) is 0 Å². The van der Waals surface area contributed by atoms with Gasteiger partial charge in [0.25, 0.3) is 0 Å². The zero-order valence-corrected chi connectivity index (χ0v) is 16.7. The van der Waals surface area contributed by atoms with E-state index in [9.17, 15) is 0 Å². The average molecular weight is 365 g/mol. The molecule has 0 aliphatic carbocycles. The minimum Gasteiger partial charge on any atom is -0.377 e. The van der Waals surface area contributed by atoms with Crippen molar-refractivity contribution in [3.8, 4) is 0 Å². The summed E-state index contributed by atoms with van der Waals surface area (Å²) in [5, 5.41) is 0. The first-order valence-corrected chi connectivity index (χ1v) is 10.3. The van der Waals surface area contributed by atoms with Gasteiger partial charge in [0, 0.05) is 38.8 Å². The Labute approximate surface area is 163 Å². The number of benzene rings is 2. The second-order valence-electron chi connectivity index (χ2n) is 8.32. The van der Waals surface area contributed by atoms with Gasteiger partial charge in [0.1, 0.15) is 0 Å². The van der Waals surface area contributed by atoms with Crippen LogP contribution in [0.5, 0.6) is 0 Å². The van der Waals surface area contributed by atoms with Crippen LogP contribution >= 0.6 is 0 Å². The third kappa shape index (κ3) is 4.26. The Bertz CT molecular complexity index is 732. The summed E-state index contributed by atoms with van der Waals surface area (Å²) in [6.07, 6.45) is 1.12. The van der Waals surface area contributed by atoms with Crippen LogP contribution < -0.4 is 0 Å². The molecule has 0 spiro atoms. The molecule has 0 unspecified atom stereocenters. The second kappa shape index (κ2) is 8.55. The van der Waals surface area contributed by atoms with E-state index in [1.807, 2.05) is 0 Å². The van der Waals surface area contributed by atoms with E-state index in [2.05, 4.69) is 78.4 Å². The number of likely N-dealkylation sites (tertiary alicyclic amines) is 2. The molecule has 0 N–H and O–H groups in total. The summed E-state index contributed by atoms with van der Waals surface area (Å²) in [5.74, 6) is 1.58. The van der Waals surface area contributed by atoms with Crippen LogP contribution in [0, 0.1) is 18.8 Å². The van der Waals surface area contributed by atoms with Gasteiger partial charge >= 0.3 is 0 Å². The van der Waals surface area contributed by atoms with Crippen LogP contribution in [-0.2, 0) is 11.3 Å². The van der Waals surface area contributed by atoms with Crippen LogP contribution in [0.2, 0.25) is 0 Å². The largest absolute Gasteiger partial charge is 0.377 e. The molecule has 0 amide bonds. The van der Waals surface area contributed by atoms with Gasteiger partial charge in [-0.1, -0.05) is 54.6 Å². The van der Waals surface area contributed by atoms with Crippen molar-refractivity contribution in [1.29, 1.82) is 0 Å². The molecule has 144 valence electrons. The van der Waals surface area contributed by atoms with Crippen LogP contribution in [-0.4, -0.2) is 49.6 Å². The Hall–Kier alpha value is -1.68. The Morgan fingerprint density at radius 3 is 2.56 bits per heavy atom. The molecule has 2 aromatic carbocycles. The van der Waals surface area contributed by atoms with Crippen LogP contribution in [0.3, 0.4) is 0 Å². The molecule has 3 atom stereocenters. The Kier molecular flexibility index (Phi) is 5.92. The lowest BCUT2D eigenvalue weighted by Gasteiger charge is -2.28. The first-order chi connectivity index (χ1) is 13.2. The van der Waals surface area contributed by atoms with Crippen LogP contribution in [0.1, 0.15) is 29.2 Å². The topological polar surface area (TPSA) is 15.7 Å². The maximum absolute atomic E-state index is 5.86. The number of hydrogen-bond donors (Lipinski definition) is 0. The molecule has 2 heterocycles. The maximum atomic E-state index is 5.86. The smallest absolute Gasteiger partial charge is 0.0716 e. The van der Waals surface area contributed by atoms with E-state index >= 15 is 0 Å². The van der Waals surface area contributed by atoms with E-state index in [1.165, 1.54) is 36.3 Å². The summed E-state index contributed by atoms with van der Waals surface area (Å²) >= 11 is 0. The summed E-state index contributed by atoms with van der Waals surface area (Å²) in [6, 6.07) is 20.0. The van der Waals surface area contributed by atoms with Gasteiger partial charge in [-0.25, -0.2) is 0 Å². The summed E-state index contributed by atoms with van der Waals surface area (Å²) in [4.78, 5) is 5.25. The van der Waals surface area contributed by atoms with Crippen molar-refractivity contribution in [3.63, 3.8) is 0 Å². The molecule has 2 aliphatic heterocycles. The zero-order chi connectivity index (χ0) is 18.6. The quantitative estimate of drug-likeness (QED) is 0.687. The predicted octanol–water partition coefficient (Wildman–Crippen LogP) is 4.14. The number of ether oxygens (including phenoxy) is 1. The number of fused-ring (bicyclic) bond motifs is 1. The van der Waals surface area contributed by atoms with Crippen molar-refractivity contribution in [2.24, 2.45) is 11.8 Å². The Morgan fingerprint density at radius 1 is 0.963 bits per heavy atom. The highest BCUT2D eigenvalue weighted by atomic mass is 16.5. The monoisotopic (exact) mass is 364 g/mol. The number of rotatable bonds is 7. The molecule has 2 fully saturated rings. The van der Waals surface area contributed by atoms with Gasteiger partial charge in [-0.2, -0.15) is 0 Å². The third-order valence-electron chi connectivity index (χ3n) is 6.35. The standard InChI is InChI=1S/C24H32N2O/c1-19-9-6-7-12-22(19)24-23-17-26(16-21(23)15-25(24)2)13-8-14-27-18-20-10-4-3-5-11-20/h3-7,9-12,21,23-24H,8,13-18H2,1-2H3/t21-,23+,24+/m0/s1. The number of nitrogens with zero attached hydrogens (tertiary/aromatic N) is 2. The van der Waals surface area contributed by atoms with Crippen molar-refractivity contribution in [3.05, 3.63) is 71.3 Å². The lowest BCUT2D eigenvalue weighted by Crippen LogP contribution is -2.30. The highest BCUT2D eigenvalue weighted by Crippen LogP contribution is 2.44. The van der Waals surface area contributed by atoms with E-state index in [0.29, 0.717) is 6.04 Å². The first kappa shape index (κ1) is 18.7. The van der Waals surface area contributed by atoms with E-state index in [1.54, 1.807) is 0 Å². The fourth-order valence-electron chi connectivity index (χ4n) is 5.07. The fraction of sp³-hybridized carbons (Fsp3) is 0.500. The van der Waals surface area contributed by atoms with Crippen molar-refractivity contribution in [1.82, 2.24) is 9.80 Å². The van der Waals surface area contributed by atoms with E-state index in [-0.39, 0.29) is 0 Å². The summed E-state index contributed by atoms with van der Waals surface area (Å²) in [6.45, 7) is 8.70. The van der Waals surface area contributed by atoms with Crippen molar-refractivity contribution in [2.45, 2.75) is 26.0 Å². The van der Waals surface area contributed by atoms with Gasteiger partial charge in [0.15, 0.2) is 0 Å². The van der Waals surface area contributed by atoms with Gasteiger partial charge in [0.2, 0.25) is 0 Å². The molecular formula is C24H32N2O. The minimum absolute atomic E-state index is 0.579. The number of hydrogen-bond acceptors (Lipinski definition) is 3. The molecule has 0 aromatic heterocycles. The molecular weight excluding hydrogens is 332 g/mol. The lowest BCUT2D eigenvalue weighted by molar-refractivity contribution is 0.109. The molecule has 27 heavy (non-hydrogen) atoms. The zero-order valence-electron chi connectivity index (χ0n) is 16.7. The minimum atomic E-state index is 0.579. The van der Waals surface area contributed by atoms with Crippen molar-refractivity contribution >= 4 is 0 Å². The molecule has 2 aliphatic rings. The van der Waals surface area contributed by atoms with Crippen LogP contribution in [0.4, 0.5) is 0 Å². The average Bonchev–Trinajstić information content (AvgIpc) is 3.19. The third-order valence-corrected chi connectivity index (χ3v) is 6.35. The summed E-state index contributed by atoms with van der Waals surface area (Å²) in [7, 11) is 2.30. The molecule has 0 saturated carbocycles. The van der Waals surface area contributed by atoms with E-state index in [0.717, 1.165) is 38.0 Å². The molecule has 2 aromatic rings. The molecule has 0 bridgehead atoms. The lowest BCUT2D eigenvalue weighted by atomic mass is 9.88. The molecule has 0 radical (unpaired) electrons. The molecule has 3 heteroatoms. The molecule has 3 nitrogen and oxygen atoms in total. The van der Waals surface area contributed by atoms with E-state index in [4.69, 9.17) is 4.74 Å². The van der Waals surface area contributed by atoms with Gasteiger partial charge in [-0.05, 0) is 48.9 Å². The van der Waals surface area contributed by atoms with Gasteiger partial charge in [0.05, 0.1) is 6.61 Å². The molecule has 4 rings (SSSR count). The van der Waals surface area contributed by atoms with Gasteiger partial charge < -0.3 is 9.64 Å². The summed E-state index contributed by atoms with van der Waals surface area (Å²) < 4.78 is 5.86.